The quantitative estimate of drug-likeness (QED) is 0.713. The summed E-state index contributed by atoms with van der Waals surface area (Å²) in [5, 5.41) is 6.82. The van der Waals surface area contributed by atoms with Gasteiger partial charge in [0, 0.05) is 24.1 Å². The number of halogens is 1. The summed E-state index contributed by atoms with van der Waals surface area (Å²) < 4.78 is 5.12. The van der Waals surface area contributed by atoms with Crippen LogP contribution in [0.25, 0.3) is 0 Å². The van der Waals surface area contributed by atoms with Gasteiger partial charge in [-0.1, -0.05) is 37.3 Å². The van der Waals surface area contributed by atoms with Crippen molar-refractivity contribution in [1.29, 1.82) is 0 Å². The van der Waals surface area contributed by atoms with Crippen molar-refractivity contribution in [2.45, 2.75) is 44.6 Å². The highest BCUT2D eigenvalue weighted by molar-refractivity contribution is 6.32. The fourth-order valence-corrected chi connectivity index (χ4v) is 3.51. The van der Waals surface area contributed by atoms with Crippen molar-refractivity contribution in [3.05, 3.63) is 47.2 Å². The molecule has 0 spiro atoms. The van der Waals surface area contributed by atoms with E-state index in [4.69, 9.17) is 16.3 Å². The van der Waals surface area contributed by atoms with Gasteiger partial charge in [-0.2, -0.15) is 0 Å². The Kier molecular flexibility index (Phi) is 6.34. The third-order valence-corrected chi connectivity index (χ3v) is 4.93. The van der Waals surface area contributed by atoms with Gasteiger partial charge in [0.15, 0.2) is 0 Å². The molecule has 0 saturated heterocycles. The zero-order valence-electron chi connectivity index (χ0n) is 14.9. The fraction of sp³-hybridized carbons (Fsp3) is 0.400. The van der Waals surface area contributed by atoms with Crippen molar-refractivity contribution >= 4 is 28.9 Å². The first-order chi connectivity index (χ1) is 12.7. The third-order valence-electron chi connectivity index (χ3n) is 4.64. The Morgan fingerprint density at radius 2 is 1.88 bits per heavy atom. The topological polar surface area (TPSA) is 63.2 Å². The number of benzene rings is 1. The van der Waals surface area contributed by atoms with Crippen LogP contribution in [0.15, 0.2) is 36.7 Å². The summed E-state index contributed by atoms with van der Waals surface area (Å²) in [7, 11) is 1.55. The number of hydrogen-bond acceptors (Lipinski definition) is 4. The molecule has 0 radical (unpaired) electrons. The van der Waals surface area contributed by atoms with E-state index in [-0.39, 0.29) is 5.91 Å². The predicted octanol–water partition coefficient (Wildman–Crippen LogP) is 5.13. The van der Waals surface area contributed by atoms with Crippen LogP contribution in [-0.4, -0.2) is 24.0 Å². The Bertz CT molecular complexity index is 758. The van der Waals surface area contributed by atoms with E-state index in [9.17, 15) is 4.79 Å². The molecular weight excluding hydrogens is 350 g/mol. The maximum atomic E-state index is 12.5. The number of ether oxygens (including phenoxy) is 1. The van der Waals surface area contributed by atoms with Crippen LogP contribution in [0.3, 0.4) is 0 Å². The smallest absolute Gasteiger partial charge is 0.257 e. The van der Waals surface area contributed by atoms with Gasteiger partial charge in [0.25, 0.3) is 5.91 Å². The molecule has 1 saturated carbocycles. The summed E-state index contributed by atoms with van der Waals surface area (Å²) in [4.78, 5) is 16.7. The van der Waals surface area contributed by atoms with Crippen molar-refractivity contribution in [3.63, 3.8) is 0 Å². The summed E-state index contributed by atoms with van der Waals surface area (Å²) in [6, 6.07) is 7.44. The number of carbonyl (C=O) groups excluding carboxylic acids is 1. The molecule has 3 rings (SSSR count). The number of nitrogens with one attached hydrogen (secondary N) is 2. The van der Waals surface area contributed by atoms with Gasteiger partial charge in [-0.25, -0.2) is 0 Å². The van der Waals surface area contributed by atoms with Gasteiger partial charge in [-0.3, -0.25) is 9.78 Å². The highest BCUT2D eigenvalue weighted by atomic mass is 35.5. The molecular formula is C20H24ClN3O2. The highest BCUT2D eigenvalue weighted by Gasteiger charge is 2.14. The van der Waals surface area contributed by atoms with E-state index in [0.717, 1.165) is 5.69 Å². The van der Waals surface area contributed by atoms with Crippen LogP contribution in [0.1, 0.15) is 48.9 Å². The molecule has 26 heavy (non-hydrogen) atoms. The Labute approximate surface area is 159 Å². The van der Waals surface area contributed by atoms with Crippen LogP contribution in [0.4, 0.5) is 11.4 Å². The SMILES string of the molecule is COc1ccc(NC(=O)c2cncc(NC3CCCCCC3)c2)cc1Cl. The predicted molar refractivity (Wildman–Crippen MR) is 105 cm³/mol. The molecule has 138 valence electrons. The van der Waals surface area contributed by atoms with Crippen molar-refractivity contribution in [2.75, 3.05) is 17.7 Å². The van der Waals surface area contributed by atoms with Crippen LogP contribution in [-0.2, 0) is 0 Å². The van der Waals surface area contributed by atoms with E-state index in [0.29, 0.717) is 28.1 Å². The number of nitrogens with zero attached hydrogens (tertiary/aromatic N) is 1. The maximum absolute atomic E-state index is 12.5. The molecule has 1 aliphatic rings. The number of amides is 1. The average Bonchev–Trinajstić information content (AvgIpc) is 2.91. The minimum absolute atomic E-state index is 0.219. The molecule has 0 unspecified atom stereocenters. The monoisotopic (exact) mass is 373 g/mol. The second-order valence-electron chi connectivity index (χ2n) is 6.60. The van der Waals surface area contributed by atoms with E-state index >= 15 is 0 Å². The van der Waals surface area contributed by atoms with Gasteiger partial charge in [-0.05, 0) is 37.1 Å². The van der Waals surface area contributed by atoms with Gasteiger partial charge >= 0.3 is 0 Å². The first kappa shape index (κ1) is 18.5. The Morgan fingerprint density at radius 3 is 2.58 bits per heavy atom. The van der Waals surface area contributed by atoms with Crippen LogP contribution in [0.5, 0.6) is 5.75 Å². The van der Waals surface area contributed by atoms with Crippen LogP contribution in [0.2, 0.25) is 5.02 Å². The molecule has 1 fully saturated rings. The Hall–Kier alpha value is -2.27. The Balaban J connectivity index is 1.66. The number of rotatable bonds is 5. The largest absolute Gasteiger partial charge is 0.495 e. The standard InChI is InChI=1S/C20H24ClN3O2/c1-26-19-9-8-16(11-18(19)21)24-20(25)14-10-17(13-22-12-14)23-15-6-4-2-3-5-7-15/h8-13,15,23H,2-7H2,1H3,(H,24,25). The molecule has 0 bridgehead atoms. The van der Waals surface area contributed by atoms with Crippen LogP contribution >= 0.6 is 11.6 Å². The number of hydrogen-bond donors (Lipinski definition) is 2. The van der Waals surface area contributed by atoms with Gasteiger partial charge < -0.3 is 15.4 Å². The summed E-state index contributed by atoms with van der Waals surface area (Å²) in [5.41, 5.74) is 2.01. The van der Waals surface area contributed by atoms with E-state index in [1.165, 1.54) is 38.5 Å². The molecule has 2 N–H and O–H groups in total. The second kappa shape index (κ2) is 8.90. The minimum Gasteiger partial charge on any atom is -0.495 e. The number of pyridine rings is 1. The lowest BCUT2D eigenvalue weighted by Crippen LogP contribution is -2.19. The van der Waals surface area contributed by atoms with Crippen LogP contribution < -0.4 is 15.4 Å². The number of anilines is 2. The first-order valence-electron chi connectivity index (χ1n) is 9.02. The van der Waals surface area contributed by atoms with Crippen molar-refractivity contribution < 1.29 is 9.53 Å². The van der Waals surface area contributed by atoms with Crippen molar-refractivity contribution in [3.8, 4) is 5.75 Å². The number of carbonyl (C=O) groups is 1. The summed E-state index contributed by atoms with van der Waals surface area (Å²) in [6.07, 6.45) is 10.8. The second-order valence-corrected chi connectivity index (χ2v) is 7.01. The zero-order valence-corrected chi connectivity index (χ0v) is 15.7. The first-order valence-corrected chi connectivity index (χ1v) is 9.40. The zero-order chi connectivity index (χ0) is 18.4. The van der Waals surface area contributed by atoms with E-state index < -0.39 is 0 Å². The molecule has 1 heterocycles. The van der Waals surface area contributed by atoms with Gasteiger partial charge in [-0.15, -0.1) is 0 Å². The lowest BCUT2D eigenvalue weighted by molar-refractivity contribution is 0.102. The molecule has 1 amide bonds. The van der Waals surface area contributed by atoms with Gasteiger partial charge in [0.2, 0.25) is 0 Å². The molecule has 6 heteroatoms. The molecule has 0 atom stereocenters. The number of methoxy groups -OCH3 is 1. The van der Waals surface area contributed by atoms with E-state index in [1.807, 2.05) is 6.07 Å². The molecule has 2 aromatic rings. The normalized spacial score (nSPS) is 15.2. The lowest BCUT2D eigenvalue weighted by atomic mass is 10.1. The van der Waals surface area contributed by atoms with Gasteiger partial charge in [0.1, 0.15) is 5.75 Å². The average molecular weight is 374 g/mol. The van der Waals surface area contributed by atoms with Crippen molar-refractivity contribution in [2.24, 2.45) is 0 Å². The third kappa shape index (κ3) is 4.88. The van der Waals surface area contributed by atoms with Gasteiger partial charge in [0.05, 0.1) is 23.4 Å². The maximum Gasteiger partial charge on any atom is 0.257 e. The molecule has 1 aliphatic carbocycles. The number of aromatic nitrogens is 1. The van der Waals surface area contributed by atoms with E-state index in [1.54, 1.807) is 37.7 Å². The van der Waals surface area contributed by atoms with E-state index in [2.05, 4.69) is 15.6 Å². The summed E-state index contributed by atoms with van der Waals surface area (Å²) in [6.45, 7) is 0. The minimum atomic E-state index is -0.219. The molecule has 0 aliphatic heterocycles. The Morgan fingerprint density at radius 1 is 1.12 bits per heavy atom. The summed E-state index contributed by atoms with van der Waals surface area (Å²) in [5.74, 6) is 0.351. The summed E-state index contributed by atoms with van der Waals surface area (Å²) >= 11 is 6.11. The molecule has 5 nitrogen and oxygen atoms in total. The lowest BCUT2D eigenvalue weighted by Gasteiger charge is -2.17. The van der Waals surface area contributed by atoms with Crippen LogP contribution in [0, 0.1) is 0 Å². The fourth-order valence-electron chi connectivity index (χ4n) is 3.25. The molecule has 1 aromatic carbocycles. The van der Waals surface area contributed by atoms with Crippen molar-refractivity contribution in [1.82, 2.24) is 4.98 Å². The molecule has 1 aromatic heterocycles. The highest BCUT2D eigenvalue weighted by Crippen LogP contribution is 2.27.